The Kier molecular flexibility index (Phi) is 5.17. The van der Waals surface area contributed by atoms with E-state index in [4.69, 9.17) is 4.52 Å². The minimum atomic E-state index is -0.358. The van der Waals surface area contributed by atoms with E-state index < -0.39 is 0 Å². The lowest BCUT2D eigenvalue weighted by Gasteiger charge is -2.20. The SMILES string of the molecule is O=C(c1cc(-c2ccc3ccccc3c2)on1)N(Cc1ccc(F)cc1)c1ccccn1. The molecule has 0 fully saturated rings. The standard InChI is InChI=1S/C26H18FN3O2/c27-22-12-8-18(9-13-22)17-30(25-7-3-4-14-28-25)26(31)23-16-24(32-29-23)21-11-10-19-5-1-2-6-20(19)15-21/h1-16H,17H2. The fourth-order valence-electron chi connectivity index (χ4n) is 3.54. The number of hydrogen-bond donors (Lipinski definition) is 0. The summed E-state index contributed by atoms with van der Waals surface area (Å²) >= 11 is 0. The fraction of sp³-hybridized carbons (Fsp3) is 0.0385. The third-order valence-corrected chi connectivity index (χ3v) is 5.19. The van der Waals surface area contributed by atoms with E-state index in [2.05, 4.69) is 10.1 Å². The summed E-state index contributed by atoms with van der Waals surface area (Å²) in [7, 11) is 0. The Morgan fingerprint density at radius 1 is 0.875 bits per heavy atom. The van der Waals surface area contributed by atoms with Crippen molar-refractivity contribution in [3.8, 4) is 11.3 Å². The third kappa shape index (κ3) is 3.98. The van der Waals surface area contributed by atoms with Crippen molar-refractivity contribution in [1.82, 2.24) is 10.1 Å². The van der Waals surface area contributed by atoms with Crippen LogP contribution in [0.5, 0.6) is 0 Å². The second kappa shape index (κ2) is 8.43. The van der Waals surface area contributed by atoms with E-state index in [-0.39, 0.29) is 24.0 Å². The Labute approximate surface area is 183 Å². The van der Waals surface area contributed by atoms with Gasteiger partial charge in [0.25, 0.3) is 5.91 Å². The lowest BCUT2D eigenvalue weighted by Crippen LogP contribution is -2.31. The number of carbonyl (C=O) groups is 1. The molecular formula is C26H18FN3O2. The van der Waals surface area contributed by atoms with Crippen LogP contribution < -0.4 is 4.90 Å². The van der Waals surface area contributed by atoms with Crippen molar-refractivity contribution >= 4 is 22.5 Å². The quantitative estimate of drug-likeness (QED) is 0.354. The van der Waals surface area contributed by atoms with Crippen molar-refractivity contribution in [1.29, 1.82) is 0 Å². The molecule has 32 heavy (non-hydrogen) atoms. The molecule has 6 heteroatoms. The monoisotopic (exact) mass is 423 g/mol. The van der Waals surface area contributed by atoms with E-state index in [0.717, 1.165) is 21.9 Å². The number of halogens is 1. The first-order valence-electron chi connectivity index (χ1n) is 10.1. The molecule has 5 nitrogen and oxygen atoms in total. The summed E-state index contributed by atoms with van der Waals surface area (Å²) in [6.45, 7) is 0.217. The number of rotatable bonds is 5. The number of benzene rings is 3. The van der Waals surface area contributed by atoms with E-state index in [1.165, 1.54) is 17.0 Å². The summed E-state index contributed by atoms with van der Waals surface area (Å²) in [6, 6.07) is 26.9. The highest BCUT2D eigenvalue weighted by molar-refractivity contribution is 6.04. The van der Waals surface area contributed by atoms with Crippen LogP contribution in [0.3, 0.4) is 0 Å². The van der Waals surface area contributed by atoms with Gasteiger partial charge in [-0.1, -0.05) is 59.8 Å². The fourth-order valence-corrected chi connectivity index (χ4v) is 3.54. The summed E-state index contributed by atoms with van der Waals surface area (Å²) in [5, 5.41) is 6.21. The van der Waals surface area contributed by atoms with Gasteiger partial charge in [0.15, 0.2) is 11.5 Å². The maximum absolute atomic E-state index is 13.4. The molecule has 2 heterocycles. The Hall–Kier alpha value is -4.32. The van der Waals surface area contributed by atoms with Gasteiger partial charge in [0.2, 0.25) is 0 Å². The number of fused-ring (bicyclic) bond motifs is 1. The topological polar surface area (TPSA) is 59.2 Å². The lowest BCUT2D eigenvalue weighted by molar-refractivity contribution is 0.0975. The molecule has 0 radical (unpaired) electrons. The predicted octanol–water partition coefficient (Wildman–Crippen LogP) is 5.88. The van der Waals surface area contributed by atoms with Crippen LogP contribution in [0.2, 0.25) is 0 Å². The molecule has 0 atom stereocenters. The molecule has 0 saturated carbocycles. The minimum absolute atomic E-state index is 0.168. The molecule has 5 aromatic rings. The molecule has 156 valence electrons. The number of carbonyl (C=O) groups excluding carboxylic acids is 1. The van der Waals surface area contributed by atoms with Gasteiger partial charge in [-0.15, -0.1) is 0 Å². The van der Waals surface area contributed by atoms with Gasteiger partial charge < -0.3 is 4.52 Å². The molecule has 2 aromatic heterocycles. The van der Waals surface area contributed by atoms with E-state index in [9.17, 15) is 9.18 Å². The molecule has 0 aliphatic rings. The van der Waals surface area contributed by atoms with E-state index in [1.54, 1.807) is 42.6 Å². The van der Waals surface area contributed by atoms with Crippen LogP contribution in [0.4, 0.5) is 10.2 Å². The Morgan fingerprint density at radius 3 is 2.44 bits per heavy atom. The van der Waals surface area contributed by atoms with E-state index in [0.29, 0.717) is 11.6 Å². The van der Waals surface area contributed by atoms with Gasteiger partial charge in [0.1, 0.15) is 11.6 Å². The molecule has 3 aromatic carbocycles. The van der Waals surface area contributed by atoms with Gasteiger partial charge in [-0.2, -0.15) is 0 Å². The highest BCUT2D eigenvalue weighted by Gasteiger charge is 2.23. The zero-order valence-electron chi connectivity index (χ0n) is 17.0. The highest BCUT2D eigenvalue weighted by atomic mass is 19.1. The Morgan fingerprint density at radius 2 is 1.66 bits per heavy atom. The number of amides is 1. The maximum atomic E-state index is 13.4. The van der Waals surface area contributed by atoms with Crippen LogP contribution in [0, 0.1) is 5.82 Å². The molecule has 0 aliphatic heterocycles. The highest BCUT2D eigenvalue weighted by Crippen LogP contribution is 2.26. The van der Waals surface area contributed by atoms with Crippen molar-refractivity contribution in [2.75, 3.05) is 4.90 Å². The Balaban J connectivity index is 1.47. The zero-order valence-corrected chi connectivity index (χ0v) is 17.0. The summed E-state index contributed by atoms with van der Waals surface area (Å²) in [5.74, 6) is 0.281. The largest absolute Gasteiger partial charge is 0.355 e. The van der Waals surface area contributed by atoms with Crippen molar-refractivity contribution in [2.24, 2.45) is 0 Å². The number of aromatic nitrogens is 2. The van der Waals surface area contributed by atoms with Gasteiger partial charge >= 0.3 is 0 Å². The van der Waals surface area contributed by atoms with Gasteiger partial charge in [-0.3, -0.25) is 9.69 Å². The minimum Gasteiger partial charge on any atom is -0.355 e. The summed E-state index contributed by atoms with van der Waals surface area (Å²) in [4.78, 5) is 19.2. The van der Waals surface area contributed by atoms with Gasteiger partial charge in [-0.05, 0) is 46.7 Å². The maximum Gasteiger partial charge on any atom is 0.281 e. The number of nitrogens with zero attached hydrogens (tertiary/aromatic N) is 3. The van der Waals surface area contributed by atoms with Crippen molar-refractivity contribution in [3.63, 3.8) is 0 Å². The molecule has 0 aliphatic carbocycles. The molecular weight excluding hydrogens is 405 g/mol. The first-order valence-corrected chi connectivity index (χ1v) is 10.1. The summed E-state index contributed by atoms with van der Waals surface area (Å²) in [5.41, 5.74) is 1.77. The first-order chi connectivity index (χ1) is 15.7. The third-order valence-electron chi connectivity index (χ3n) is 5.19. The van der Waals surface area contributed by atoms with Crippen molar-refractivity contribution in [2.45, 2.75) is 6.54 Å². The number of anilines is 1. The molecule has 0 spiro atoms. The summed E-state index contributed by atoms with van der Waals surface area (Å²) in [6.07, 6.45) is 1.61. The average Bonchev–Trinajstić information content (AvgIpc) is 3.34. The molecule has 0 N–H and O–H groups in total. The van der Waals surface area contributed by atoms with E-state index in [1.807, 2.05) is 42.5 Å². The Bertz CT molecular complexity index is 1380. The first kappa shape index (κ1) is 19.6. The van der Waals surface area contributed by atoms with Crippen LogP contribution in [-0.4, -0.2) is 16.0 Å². The van der Waals surface area contributed by atoms with Crippen LogP contribution in [-0.2, 0) is 6.54 Å². The van der Waals surface area contributed by atoms with Gasteiger partial charge in [0.05, 0.1) is 6.54 Å². The zero-order chi connectivity index (χ0) is 21.9. The summed E-state index contributed by atoms with van der Waals surface area (Å²) < 4.78 is 18.8. The van der Waals surface area contributed by atoms with Crippen LogP contribution >= 0.6 is 0 Å². The second-order valence-electron chi connectivity index (χ2n) is 7.34. The van der Waals surface area contributed by atoms with E-state index >= 15 is 0 Å². The van der Waals surface area contributed by atoms with Crippen LogP contribution in [0.1, 0.15) is 16.1 Å². The average molecular weight is 423 g/mol. The van der Waals surface area contributed by atoms with Crippen molar-refractivity contribution in [3.05, 3.63) is 114 Å². The van der Waals surface area contributed by atoms with Crippen LogP contribution in [0.25, 0.3) is 22.1 Å². The molecule has 0 bridgehead atoms. The predicted molar refractivity (Wildman–Crippen MR) is 121 cm³/mol. The normalized spacial score (nSPS) is 10.9. The number of pyridine rings is 1. The molecule has 0 saturated heterocycles. The molecule has 0 unspecified atom stereocenters. The van der Waals surface area contributed by atoms with Gasteiger partial charge in [0, 0.05) is 17.8 Å². The smallest absolute Gasteiger partial charge is 0.281 e. The van der Waals surface area contributed by atoms with Gasteiger partial charge in [-0.25, -0.2) is 9.37 Å². The lowest BCUT2D eigenvalue weighted by atomic mass is 10.1. The van der Waals surface area contributed by atoms with Crippen LogP contribution in [0.15, 0.2) is 102 Å². The molecule has 1 amide bonds. The van der Waals surface area contributed by atoms with Crippen molar-refractivity contribution < 1.29 is 13.7 Å². The second-order valence-corrected chi connectivity index (χ2v) is 7.34. The molecule has 5 rings (SSSR count). The number of hydrogen-bond acceptors (Lipinski definition) is 4.